The standard InChI is InChI=1S/C21H35N3O3/c1-4-21(5-2,10-11-25)16-24-20(22-6-3)23-15-17-8-9-18-19(14-17)27-13-7-12-26-18/h8-9,14,25H,4-7,10-13,15-16H2,1-3H3,(H2,22,23,24). The molecule has 152 valence electrons. The summed E-state index contributed by atoms with van der Waals surface area (Å²) in [7, 11) is 0. The Balaban J connectivity index is 2.03. The summed E-state index contributed by atoms with van der Waals surface area (Å²) in [5.41, 5.74) is 1.18. The van der Waals surface area contributed by atoms with Crippen molar-refractivity contribution in [3.05, 3.63) is 23.8 Å². The summed E-state index contributed by atoms with van der Waals surface area (Å²) in [6, 6.07) is 6.02. The van der Waals surface area contributed by atoms with Gasteiger partial charge in [-0.1, -0.05) is 19.9 Å². The Bertz CT molecular complexity index is 600. The molecule has 0 atom stereocenters. The SMILES string of the molecule is CCNC(=NCc1ccc2c(c1)OCCCO2)NCC(CC)(CC)CCO. The third-order valence-electron chi connectivity index (χ3n) is 5.35. The largest absolute Gasteiger partial charge is 0.490 e. The number of nitrogens with zero attached hydrogens (tertiary/aromatic N) is 1. The van der Waals surface area contributed by atoms with E-state index in [2.05, 4.69) is 31.4 Å². The van der Waals surface area contributed by atoms with Gasteiger partial charge in [0.15, 0.2) is 17.5 Å². The van der Waals surface area contributed by atoms with Crippen LogP contribution in [0.25, 0.3) is 0 Å². The van der Waals surface area contributed by atoms with E-state index in [1.807, 2.05) is 18.2 Å². The first-order valence-corrected chi connectivity index (χ1v) is 10.2. The predicted molar refractivity (Wildman–Crippen MR) is 110 cm³/mol. The summed E-state index contributed by atoms with van der Waals surface area (Å²) in [5, 5.41) is 16.2. The van der Waals surface area contributed by atoms with Crippen LogP contribution < -0.4 is 20.1 Å². The Hall–Kier alpha value is -1.95. The average molecular weight is 378 g/mol. The fourth-order valence-corrected chi connectivity index (χ4v) is 3.27. The molecule has 0 saturated carbocycles. The third kappa shape index (κ3) is 6.31. The molecule has 3 N–H and O–H groups in total. The summed E-state index contributed by atoms with van der Waals surface area (Å²) in [5.74, 6) is 2.41. The number of guanidine groups is 1. The fraction of sp³-hybridized carbons (Fsp3) is 0.667. The van der Waals surface area contributed by atoms with Crippen molar-refractivity contribution in [1.82, 2.24) is 10.6 Å². The summed E-state index contributed by atoms with van der Waals surface area (Å²) in [6.45, 7) is 10.2. The van der Waals surface area contributed by atoms with Crippen LogP contribution in [0.1, 0.15) is 52.0 Å². The van der Waals surface area contributed by atoms with Crippen molar-refractivity contribution in [3.8, 4) is 11.5 Å². The van der Waals surface area contributed by atoms with Crippen LogP contribution in [0.15, 0.2) is 23.2 Å². The van der Waals surface area contributed by atoms with E-state index in [1.165, 1.54) is 0 Å². The van der Waals surface area contributed by atoms with E-state index in [-0.39, 0.29) is 12.0 Å². The quantitative estimate of drug-likeness (QED) is 0.455. The summed E-state index contributed by atoms with van der Waals surface area (Å²) >= 11 is 0. The monoisotopic (exact) mass is 377 g/mol. The molecule has 0 amide bonds. The maximum absolute atomic E-state index is 9.41. The van der Waals surface area contributed by atoms with Gasteiger partial charge in [-0.3, -0.25) is 0 Å². The molecule has 2 rings (SSSR count). The minimum Gasteiger partial charge on any atom is -0.490 e. The molecule has 0 aromatic heterocycles. The highest BCUT2D eigenvalue weighted by Gasteiger charge is 2.25. The van der Waals surface area contributed by atoms with E-state index >= 15 is 0 Å². The molecular formula is C21H35N3O3. The van der Waals surface area contributed by atoms with Crippen LogP contribution in [0.2, 0.25) is 0 Å². The van der Waals surface area contributed by atoms with Crippen molar-refractivity contribution in [2.24, 2.45) is 10.4 Å². The Morgan fingerprint density at radius 1 is 1.11 bits per heavy atom. The molecule has 6 nitrogen and oxygen atoms in total. The molecular weight excluding hydrogens is 342 g/mol. The fourth-order valence-electron chi connectivity index (χ4n) is 3.27. The van der Waals surface area contributed by atoms with Gasteiger partial charge in [0.1, 0.15) is 0 Å². The Labute approximate surface area is 163 Å². The van der Waals surface area contributed by atoms with Crippen molar-refractivity contribution in [3.63, 3.8) is 0 Å². The highest BCUT2D eigenvalue weighted by atomic mass is 16.5. The molecule has 6 heteroatoms. The number of hydrogen-bond donors (Lipinski definition) is 3. The van der Waals surface area contributed by atoms with Gasteiger partial charge in [0.25, 0.3) is 0 Å². The molecule has 0 aliphatic carbocycles. The van der Waals surface area contributed by atoms with E-state index < -0.39 is 0 Å². The molecule has 0 radical (unpaired) electrons. The number of rotatable bonds is 9. The molecule has 0 fully saturated rings. The van der Waals surface area contributed by atoms with Crippen LogP contribution in [-0.4, -0.2) is 44.0 Å². The second kappa shape index (κ2) is 11.0. The van der Waals surface area contributed by atoms with Gasteiger partial charge in [-0.2, -0.15) is 0 Å². The number of fused-ring (bicyclic) bond motifs is 1. The van der Waals surface area contributed by atoms with Gasteiger partial charge < -0.3 is 25.2 Å². The number of nitrogens with one attached hydrogen (secondary N) is 2. The lowest BCUT2D eigenvalue weighted by Crippen LogP contribution is -2.43. The van der Waals surface area contributed by atoms with Gasteiger partial charge in [0.05, 0.1) is 19.8 Å². The van der Waals surface area contributed by atoms with Gasteiger partial charge >= 0.3 is 0 Å². The zero-order valence-corrected chi connectivity index (χ0v) is 17.0. The van der Waals surface area contributed by atoms with Crippen LogP contribution in [0.3, 0.4) is 0 Å². The summed E-state index contributed by atoms with van der Waals surface area (Å²) in [6.07, 6.45) is 3.76. The average Bonchev–Trinajstić information content (AvgIpc) is 2.94. The molecule has 1 aromatic carbocycles. The Morgan fingerprint density at radius 3 is 2.52 bits per heavy atom. The van der Waals surface area contributed by atoms with Gasteiger partial charge in [-0.05, 0) is 49.3 Å². The maximum Gasteiger partial charge on any atom is 0.191 e. The van der Waals surface area contributed by atoms with Crippen LogP contribution in [0.4, 0.5) is 0 Å². The van der Waals surface area contributed by atoms with Crippen molar-refractivity contribution in [2.45, 2.75) is 53.0 Å². The van der Waals surface area contributed by atoms with Crippen LogP contribution in [0.5, 0.6) is 11.5 Å². The molecule has 0 bridgehead atoms. The molecule has 0 saturated heterocycles. The number of aliphatic imine (C=N–C) groups is 1. The highest BCUT2D eigenvalue weighted by Crippen LogP contribution is 2.31. The molecule has 1 aliphatic heterocycles. The predicted octanol–water partition coefficient (Wildman–Crippen LogP) is 3.09. The molecule has 0 unspecified atom stereocenters. The minimum atomic E-state index is 0.0974. The van der Waals surface area contributed by atoms with E-state index in [0.29, 0.717) is 19.8 Å². The minimum absolute atomic E-state index is 0.0974. The van der Waals surface area contributed by atoms with Crippen molar-refractivity contribution in [1.29, 1.82) is 0 Å². The number of ether oxygens (including phenoxy) is 2. The number of benzene rings is 1. The lowest BCUT2D eigenvalue weighted by atomic mass is 9.79. The lowest BCUT2D eigenvalue weighted by molar-refractivity contribution is 0.169. The molecule has 1 aromatic rings. The van der Waals surface area contributed by atoms with Crippen LogP contribution in [-0.2, 0) is 6.54 Å². The molecule has 1 heterocycles. The number of aliphatic hydroxyl groups is 1. The van der Waals surface area contributed by atoms with Gasteiger partial charge in [0, 0.05) is 26.1 Å². The number of hydrogen-bond acceptors (Lipinski definition) is 4. The Morgan fingerprint density at radius 2 is 1.85 bits per heavy atom. The first-order valence-electron chi connectivity index (χ1n) is 10.2. The smallest absolute Gasteiger partial charge is 0.191 e. The maximum atomic E-state index is 9.41. The topological polar surface area (TPSA) is 75.1 Å². The van der Waals surface area contributed by atoms with Crippen molar-refractivity contribution < 1.29 is 14.6 Å². The van der Waals surface area contributed by atoms with Crippen LogP contribution >= 0.6 is 0 Å². The number of aliphatic hydroxyl groups excluding tert-OH is 1. The third-order valence-corrected chi connectivity index (χ3v) is 5.35. The Kier molecular flexibility index (Phi) is 8.72. The first-order chi connectivity index (χ1) is 13.2. The normalized spacial score (nSPS) is 14.6. The first kappa shape index (κ1) is 21.4. The van der Waals surface area contributed by atoms with E-state index in [9.17, 15) is 5.11 Å². The van der Waals surface area contributed by atoms with Gasteiger partial charge in [-0.25, -0.2) is 4.99 Å². The zero-order chi connectivity index (χ0) is 19.5. The van der Waals surface area contributed by atoms with E-state index in [4.69, 9.17) is 14.5 Å². The van der Waals surface area contributed by atoms with Crippen molar-refractivity contribution in [2.75, 3.05) is 32.9 Å². The lowest BCUT2D eigenvalue weighted by Gasteiger charge is -2.32. The zero-order valence-electron chi connectivity index (χ0n) is 17.0. The summed E-state index contributed by atoms with van der Waals surface area (Å²) in [4.78, 5) is 4.72. The molecule has 1 aliphatic rings. The second-order valence-electron chi connectivity index (χ2n) is 7.06. The second-order valence-corrected chi connectivity index (χ2v) is 7.06. The summed E-state index contributed by atoms with van der Waals surface area (Å²) < 4.78 is 11.4. The molecule has 27 heavy (non-hydrogen) atoms. The van der Waals surface area contributed by atoms with Crippen LogP contribution in [0, 0.1) is 5.41 Å². The van der Waals surface area contributed by atoms with E-state index in [1.54, 1.807) is 0 Å². The molecule has 0 spiro atoms. The van der Waals surface area contributed by atoms with Gasteiger partial charge in [0.2, 0.25) is 0 Å². The van der Waals surface area contributed by atoms with Crippen molar-refractivity contribution >= 4 is 5.96 Å². The van der Waals surface area contributed by atoms with E-state index in [0.717, 1.165) is 61.8 Å². The van der Waals surface area contributed by atoms with Gasteiger partial charge in [-0.15, -0.1) is 0 Å². The highest BCUT2D eigenvalue weighted by molar-refractivity contribution is 5.79.